The fourth-order valence-electron chi connectivity index (χ4n) is 7.05. The molecule has 3 heterocycles. The van der Waals surface area contributed by atoms with Crippen molar-refractivity contribution in [2.45, 2.75) is 127 Å². The number of hydrogen-bond donors (Lipinski definition) is 4. The van der Waals surface area contributed by atoms with Gasteiger partial charge in [0.05, 0.1) is 35.9 Å². The van der Waals surface area contributed by atoms with Gasteiger partial charge in [-0.1, -0.05) is 62.4 Å². The van der Waals surface area contributed by atoms with Gasteiger partial charge in [-0.3, -0.25) is 9.59 Å². The third-order valence-corrected chi connectivity index (χ3v) is 10.1. The summed E-state index contributed by atoms with van der Waals surface area (Å²) < 4.78 is 17.4. The molecule has 2 aromatic rings. The molecule has 5 rings (SSSR count). The van der Waals surface area contributed by atoms with Crippen molar-refractivity contribution < 1.29 is 33.7 Å². The Balaban J connectivity index is 1.33. The van der Waals surface area contributed by atoms with E-state index in [2.05, 4.69) is 20.6 Å². The van der Waals surface area contributed by atoms with Crippen LogP contribution in [0.25, 0.3) is 0 Å². The summed E-state index contributed by atoms with van der Waals surface area (Å²) in [7, 11) is 0. The second-order valence-corrected chi connectivity index (χ2v) is 14.1. The first-order valence-electron chi connectivity index (χ1n) is 17.7. The van der Waals surface area contributed by atoms with E-state index in [4.69, 9.17) is 14.2 Å². The Kier molecular flexibility index (Phi) is 12.9. The first kappa shape index (κ1) is 35.8. The monoisotopic (exact) mass is 667 g/mol. The van der Waals surface area contributed by atoms with Crippen LogP contribution in [0, 0.1) is 5.92 Å². The molecule has 48 heavy (non-hydrogen) atoms. The molecule has 1 aliphatic carbocycles. The Morgan fingerprint density at radius 2 is 1.73 bits per heavy atom. The molecule has 12 heteroatoms. The van der Waals surface area contributed by atoms with Gasteiger partial charge in [0.1, 0.15) is 12.8 Å². The molecular weight excluding hydrogens is 614 g/mol. The fourth-order valence-corrected chi connectivity index (χ4v) is 7.05. The molecule has 3 fully saturated rings. The highest BCUT2D eigenvalue weighted by Gasteiger charge is 2.41. The van der Waals surface area contributed by atoms with Crippen molar-refractivity contribution in [3.05, 3.63) is 54.1 Å². The maximum Gasteiger partial charge on any atom is 0.410 e. The molecule has 1 aromatic carbocycles. The molecule has 264 valence electrons. The summed E-state index contributed by atoms with van der Waals surface area (Å²) in [5, 5.41) is 17.6. The molecule has 0 spiro atoms. The topological polar surface area (TPSA) is 155 Å². The normalized spacial score (nSPS) is 22.3. The largest absolute Gasteiger partial charge is 0.436 e. The van der Waals surface area contributed by atoms with E-state index in [1.807, 2.05) is 44.2 Å². The average Bonchev–Trinajstić information content (AvgIpc) is 3.73. The smallest absolute Gasteiger partial charge is 0.410 e. The van der Waals surface area contributed by atoms with E-state index >= 15 is 0 Å². The van der Waals surface area contributed by atoms with Crippen LogP contribution in [-0.4, -0.2) is 93.8 Å². The van der Waals surface area contributed by atoms with Crippen molar-refractivity contribution in [2.75, 3.05) is 19.9 Å². The lowest BCUT2D eigenvalue weighted by Gasteiger charge is -2.34. The molecule has 5 atom stereocenters. The van der Waals surface area contributed by atoms with Crippen LogP contribution in [0.3, 0.4) is 0 Å². The van der Waals surface area contributed by atoms with Gasteiger partial charge in [-0.2, -0.15) is 0 Å². The van der Waals surface area contributed by atoms with Crippen molar-refractivity contribution in [3.8, 4) is 0 Å². The minimum atomic E-state index is -1.15. The second kappa shape index (κ2) is 17.3. The Labute approximate surface area is 283 Å². The minimum Gasteiger partial charge on any atom is -0.436 e. The first-order chi connectivity index (χ1) is 23.2. The zero-order chi connectivity index (χ0) is 33.9. The molecule has 12 nitrogen and oxygen atoms in total. The van der Waals surface area contributed by atoms with Gasteiger partial charge < -0.3 is 39.8 Å². The number of carbonyl (C=O) groups excluding carboxylic acids is 3. The number of amides is 3. The van der Waals surface area contributed by atoms with Gasteiger partial charge in [0.2, 0.25) is 5.91 Å². The number of aromatic amines is 1. The molecule has 0 radical (unpaired) electrons. The number of aliphatic hydroxyl groups excluding tert-OH is 1. The molecule has 3 amide bonds. The number of ether oxygens (including phenoxy) is 3. The molecule has 0 unspecified atom stereocenters. The standard InChI is InChI=1S/C36H53N5O7/c1-36(2)32(46-24-47-36)21-30(42)28(18-25-12-6-3-7-13-25)39-33(43)29(20-27-22-37-23-38-27)40-34(44)31(19-26-14-8-4-9-15-26)48-35(45)41-16-10-5-11-17-41/h4,8-9,14-15,22-23,25,28-32,42H,3,5-7,10-13,16-21,24H2,1-2H3,(H,37,38)(H,39,43)(H,40,44)/t28-,29-,30-,31-,32-/m0/s1. The third kappa shape index (κ3) is 10.3. The van der Waals surface area contributed by atoms with Crippen LogP contribution >= 0.6 is 0 Å². The maximum absolute atomic E-state index is 14.1. The van der Waals surface area contributed by atoms with Gasteiger partial charge in [0, 0.05) is 38.5 Å². The molecule has 2 aliphatic heterocycles. The summed E-state index contributed by atoms with van der Waals surface area (Å²) in [5.41, 5.74) is 0.855. The van der Waals surface area contributed by atoms with E-state index < -0.39 is 47.8 Å². The molecule has 1 aromatic heterocycles. The molecule has 4 N–H and O–H groups in total. The Morgan fingerprint density at radius 3 is 2.40 bits per heavy atom. The SMILES string of the molecule is CC1(C)OCO[C@H]1C[C@H](O)[C@H](CC1CCCCC1)NC(=O)[C@H](Cc1c[nH]cn1)NC(=O)[C@H](Cc1ccccc1)OC(=O)N1CCCCC1. The summed E-state index contributed by atoms with van der Waals surface area (Å²) in [6.45, 7) is 5.20. The number of aliphatic hydroxyl groups is 1. The Morgan fingerprint density at radius 1 is 1.00 bits per heavy atom. The van der Waals surface area contributed by atoms with E-state index in [1.54, 1.807) is 11.1 Å². The average molecular weight is 668 g/mol. The van der Waals surface area contributed by atoms with Gasteiger partial charge in [-0.05, 0) is 51.0 Å². The number of benzene rings is 1. The number of likely N-dealkylation sites (tertiary alicyclic amines) is 1. The first-order valence-corrected chi connectivity index (χ1v) is 17.7. The zero-order valence-electron chi connectivity index (χ0n) is 28.4. The lowest BCUT2D eigenvalue weighted by atomic mass is 9.82. The third-order valence-electron chi connectivity index (χ3n) is 10.1. The summed E-state index contributed by atoms with van der Waals surface area (Å²) in [6, 6.07) is 7.78. The zero-order valence-corrected chi connectivity index (χ0v) is 28.4. The fraction of sp³-hybridized carbons (Fsp3) is 0.667. The van der Waals surface area contributed by atoms with Gasteiger partial charge in [0.25, 0.3) is 5.91 Å². The van der Waals surface area contributed by atoms with Gasteiger partial charge in [-0.15, -0.1) is 0 Å². The predicted octanol–water partition coefficient (Wildman–Crippen LogP) is 4.03. The second-order valence-electron chi connectivity index (χ2n) is 14.1. The summed E-state index contributed by atoms with van der Waals surface area (Å²) in [5.74, 6) is -0.631. The van der Waals surface area contributed by atoms with Crippen molar-refractivity contribution in [3.63, 3.8) is 0 Å². The van der Waals surface area contributed by atoms with Crippen molar-refractivity contribution in [1.29, 1.82) is 0 Å². The number of piperidine rings is 1. The highest BCUT2D eigenvalue weighted by atomic mass is 16.7. The highest BCUT2D eigenvalue weighted by molar-refractivity contribution is 5.90. The number of carbonyl (C=O) groups is 3. The van der Waals surface area contributed by atoms with Gasteiger partial charge in [0.15, 0.2) is 6.10 Å². The Bertz CT molecular complexity index is 1300. The predicted molar refractivity (Wildman–Crippen MR) is 179 cm³/mol. The van der Waals surface area contributed by atoms with Crippen molar-refractivity contribution in [2.24, 2.45) is 5.92 Å². The molecule has 2 saturated heterocycles. The number of nitrogens with one attached hydrogen (secondary N) is 3. The number of aromatic nitrogens is 2. The minimum absolute atomic E-state index is 0.109. The van der Waals surface area contributed by atoms with Crippen LogP contribution in [0.1, 0.15) is 89.3 Å². The summed E-state index contributed by atoms with van der Waals surface area (Å²) >= 11 is 0. The van der Waals surface area contributed by atoms with Crippen LogP contribution in [-0.2, 0) is 36.6 Å². The van der Waals surface area contributed by atoms with E-state index in [-0.39, 0.29) is 25.7 Å². The number of imidazole rings is 1. The van der Waals surface area contributed by atoms with Crippen LogP contribution in [0.15, 0.2) is 42.9 Å². The number of hydrogen-bond acceptors (Lipinski definition) is 8. The lowest BCUT2D eigenvalue weighted by Crippen LogP contribution is -2.56. The van der Waals surface area contributed by atoms with Crippen molar-refractivity contribution in [1.82, 2.24) is 25.5 Å². The number of rotatable bonds is 14. The van der Waals surface area contributed by atoms with E-state index in [9.17, 15) is 19.5 Å². The van der Waals surface area contributed by atoms with Crippen LogP contribution in [0.5, 0.6) is 0 Å². The summed E-state index contributed by atoms with van der Waals surface area (Å²) in [6.07, 6.45) is 9.87. The number of H-pyrrole nitrogens is 1. The quantitative estimate of drug-likeness (QED) is 0.236. The molecule has 3 aliphatic rings. The summed E-state index contributed by atoms with van der Waals surface area (Å²) in [4.78, 5) is 50.1. The van der Waals surface area contributed by atoms with Crippen molar-refractivity contribution >= 4 is 17.9 Å². The van der Waals surface area contributed by atoms with Crippen LogP contribution < -0.4 is 10.6 Å². The van der Waals surface area contributed by atoms with E-state index in [1.165, 1.54) is 12.7 Å². The molecule has 1 saturated carbocycles. The van der Waals surface area contributed by atoms with Crippen LogP contribution in [0.4, 0.5) is 4.79 Å². The molecular formula is C36H53N5O7. The van der Waals surface area contributed by atoms with E-state index in [0.29, 0.717) is 37.5 Å². The van der Waals surface area contributed by atoms with Crippen LogP contribution in [0.2, 0.25) is 0 Å². The lowest BCUT2D eigenvalue weighted by molar-refractivity contribution is -0.135. The van der Waals surface area contributed by atoms with E-state index in [0.717, 1.165) is 50.5 Å². The maximum atomic E-state index is 14.1. The van der Waals surface area contributed by atoms with Gasteiger partial charge >= 0.3 is 6.09 Å². The van der Waals surface area contributed by atoms with Gasteiger partial charge in [-0.25, -0.2) is 9.78 Å². The highest BCUT2D eigenvalue weighted by Crippen LogP contribution is 2.32. The molecule has 0 bridgehead atoms. The Hall–Kier alpha value is -3.48. The number of nitrogens with zero attached hydrogens (tertiary/aromatic N) is 2.